The quantitative estimate of drug-likeness (QED) is 0.270. The van der Waals surface area contributed by atoms with Crippen LogP contribution >= 0.6 is 0 Å². The van der Waals surface area contributed by atoms with Gasteiger partial charge in [0.25, 0.3) is 11.8 Å². The molecule has 2 aliphatic rings. The van der Waals surface area contributed by atoms with E-state index in [1.54, 1.807) is 0 Å². The van der Waals surface area contributed by atoms with E-state index < -0.39 is 0 Å². The van der Waals surface area contributed by atoms with Gasteiger partial charge in [0.15, 0.2) is 0 Å². The van der Waals surface area contributed by atoms with E-state index in [1.165, 1.54) is 29.1 Å². The topological polar surface area (TPSA) is 168 Å². The highest BCUT2D eigenvalue weighted by molar-refractivity contribution is 5.97. The minimum absolute atomic E-state index is 0.133. The lowest BCUT2D eigenvalue weighted by Gasteiger charge is -2.15. The van der Waals surface area contributed by atoms with Crippen LogP contribution in [0, 0.1) is 6.92 Å². The Hall–Kier alpha value is -5.13. The number of carbonyl (C=O) groups excluding carboxylic acids is 2. The third-order valence-electron chi connectivity index (χ3n) is 7.57. The maximum atomic E-state index is 13.1. The van der Waals surface area contributed by atoms with Crippen LogP contribution in [-0.4, -0.2) is 47.3 Å². The van der Waals surface area contributed by atoms with Crippen molar-refractivity contribution in [1.82, 2.24) is 46.1 Å². The number of aromatic nitrogens is 6. The van der Waals surface area contributed by atoms with Crippen molar-refractivity contribution in [3.8, 4) is 11.4 Å². The van der Waals surface area contributed by atoms with E-state index in [-0.39, 0.29) is 29.2 Å². The maximum absolute atomic E-state index is 13.1. The van der Waals surface area contributed by atoms with Gasteiger partial charge in [-0.25, -0.2) is 9.97 Å². The number of hydrogen-bond acceptors (Lipinski definition) is 9. The van der Waals surface area contributed by atoms with E-state index >= 15 is 0 Å². The molecule has 6 rings (SSSR count). The first-order chi connectivity index (χ1) is 19.9. The number of aromatic amines is 1. The predicted octanol–water partition coefficient (Wildman–Crippen LogP) is 2.45. The Morgan fingerprint density at radius 2 is 1.90 bits per heavy atom. The molecule has 2 aromatic heterocycles. The van der Waals surface area contributed by atoms with Crippen LogP contribution in [-0.2, 0) is 26.1 Å². The normalized spacial score (nSPS) is 15.9. The van der Waals surface area contributed by atoms with Gasteiger partial charge in [0, 0.05) is 43.2 Å². The van der Waals surface area contributed by atoms with Crippen molar-refractivity contribution in [3.05, 3.63) is 99.4 Å². The second-order valence-corrected chi connectivity index (χ2v) is 10.5. The predicted molar refractivity (Wildman–Crippen MR) is 150 cm³/mol. The number of nitrogens with two attached hydrogens (primary N) is 1. The molecule has 3 heterocycles. The number of nitrogens with one attached hydrogen (secondary N) is 3. The standard InChI is InChI=1S/C29H30N10O2/c1-16(30)12-39-13-19-4-3-18(9-20(19)14-39)11-31-28(40)25-10-26(33-15-32-25)29(41)34-24-8-7-21-17(2)22(5-6-23(21)24)27-35-37-38-36-27/h3-6,9-10,12,15,24H,7-8,11,13-14,30H2,1-2H3,(H,31,40)(H,34,41)(H,35,36,37,38)/b16-12-. The van der Waals surface area contributed by atoms with Crippen molar-refractivity contribution in [2.45, 2.75) is 52.4 Å². The third-order valence-corrected chi connectivity index (χ3v) is 7.57. The Kier molecular flexibility index (Phi) is 6.88. The van der Waals surface area contributed by atoms with Crippen molar-refractivity contribution in [1.29, 1.82) is 0 Å². The Labute approximate surface area is 236 Å². The van der Waals surface area contributed by atoms with Gasteiger partial charge in [0.2, 0.25) is 5.82 Å². The fourth-order valence-electron chi connectivity index (χ4n) is 5.62. The summed E-state index contributed by atoms with van der Waals surface area (Å²) >= 11 is 0. The van der Waals surface area contributed by atoms with Crippen molar-refractivity contribution in [3.63, 3.8) is 0 Å². The molecule has 0 saturated heterocycles. The number of amides is 2. The first kappa shape index (κ1) is 26.1. The molecular weight excluding hydrogens is 520 g/mol. The van der Waals surface area contributed by atoms with E-state index in [4.69, 9.17) is 5.73 Å². The van der Waals surface area contributed by atoms with Gasteiger partial charge in [-0.1, -0.05) is 30.3 Å². The van der Waals surface area contributed by atoms with Gasteiger partial charge in [-0.3, -0.25) is 9.59 Å². The number of allylic oxidation sites excluding steroid dienone is 1. The third kappa shape index (κ3) is 5.36. The molecule has 0 bridgehead atoms. The summed E-state index contributed by atoms with van der Waals surface area (Å²) in [7, 11) is 0. The molecule has 0 radical (unpaired) electrons. The molecule has 1 aliphatic heterocycles. The minimum atomic E-state index is -0.374. The first-order valence-electron chi connectivity index (χ1n) is 13.4. The van der Waals surface area contributed by atoms with Crippen LogP contribution < -0.4 is 16.4 Å². The van der Waals surface area contributed by atoms with Crippen molar-refractivity contribution >= 4 is 11.8 Å². The Bertz CT molecular complexity index is 1660. The first-order valence-corrected chi connectivity index (χ1v) is 13.4. The lowest BCUT2D eigenvalue weighted by atomic mass is 9.97. The fraction of sp³-hybridized carbons (Fsp3) is 0.276. The van der Waals surface area contributed by atoms with Gasteiger partial charge < -0.3 is 21.3 Å². The number of rotatable bonds is 7. The minimum Gasteiger partial charge on any atom is -0.401 e. The second-order valence-electron chi connectivity index (χ2n) is 10.5. The van der Waals surface area contributed by atoms with Gasteiger partial charge in [0.05, 0.1) is 6.04 Å². The average molecular weight is 551 g/mol. The molecular formula is C29H30N10O2. The monoisotopic (exact) mass is 550 g/mol. The molecule has 5 N–H and O–H groups in total. The van der Waals surface area contributed by atoms with Crippen LogP contribution in [0.25, 0.3) is 11.4 Å². The van der Waals surface area contributed by atoms with E-state index in [1.807, 2.05) is 38.2 Å². The largest absolute Gasteiger partial charge is 0.401 e. The zero-order chi connectivity index (χ0) is 28.5. The molecule has 4 aromatic rings. The number of hydrogen-bond donors (Lipinski definition) is 4. The van der Waals surface area contributed by atoms with Crippen LogP contribution in [0.3, 0.4) is 0 Å². The van der Waals surface area contributed by atoms with E-state index in [2.05, 4.69) is 58.3 Å². The summed E-state index contributed by atoms with van der Waals surface area (Å²) in [6.07, 6.45) is 4.77. The number of H-pyrrole nitrogens is 1. The average Bonchev–Trinajstić information content (AvgIpc) is 3.72. The van der Waals surface area contributed by atoms with Crippen molar-refractivity contribution in [2.75, 3.05) is 0 Å². The van der Waals surface area contributed by atoms with Gasteiger partial charge in [-0.05, 0) is 65.3 Å². The van der Waals surface area contributed by atoms with Gasteiger partial charge in [0.1, 0.15) is 17.7 Å². The van der Waals surface area contributed by atoms with Crippen LogP contribution in [0.5, 0.6) is 0 Å². The number of carbonyl (C=O) groups is 2. The fourth-order valence-corrected chi connectivity index (χ4v) is 5.62. The SMILES string of the molecule is C/C(N)=C/N1Cc2ccc(CNC(=O)c3cc(C(=O)NC4CCc5c4ccc(-c4nn[nH]n4)c5C)ncn3)cc2C1. The Balaban J connectivity index is 1.09. The summed E-state index contributed by atoms with van der Waals surface area (Å²) in [5.41, 5.74) is 14.5. The Morgan fingerprint density at radius 3 is 2.68 bits per heavy atom. The smallest absolute Gasteiger partial charge is 0.270 e. The van der Waals surface area contributed by atoms with E-state index in [0.717, 1.165) is 53.9 Å². The lowest BCUT2D eigenvalue weighted by Crippen LogP contribution is -2.29. The number of nitrogens with zero attached hydrogens (tertiary/aromatic N) is 6. The van der Waals surface area contributed by atoms with Crippen LogP contribution in [0.4, 0.5) is 0 Å². The number of fused-ring (bicyclic) bond motifs is 2. The molecule has 12 heteroatoms. The highest BCUT2D eigenvalue weighted by atomic mass is 16.2. The molecule has 41 heavy (non-hydrogen) atoms. The van der Waals surface area contributed by atoms with Crippen molar-refractivity contribution < 1.29 is 9.59 Å². The summed E-state index contributed by atoms with van der Waals surface area (Å²) in [5.74, 6) is -0.187. The number of benzene rings is 2. The molecule has 0 saturated carbocycles. The van der Waals surface area contributed by atoms with Crippen molar-refractivity contribution in [2.24, 2.45) is 5.73 Å². The van der Waals surface area contributed by atoms with Gasteiger partial charge in [-0.2, -0.15) is 5.21 Å². The second kappa shape index (κ2) is 10.8. The molecule has 12 nitrogen and oxygen atoms in total. The van der Waals surface area contributed by atoms with E-state index in [9.17, 15) is 9.59 Å². The molecule has 208 valence electrons. The van der Waals surface area contributed by atoms with E-state index in [0.29, 0.717) is 12.4 Å². The lowest BCUT2D eigenvalue weighted by molar-refractivity contribution is 0.0931. The van der Waals surface area contributed by atoms with Crippen LogP contribution in [0.15, 0.2) is 54.6 Å². The van der Waals surface area contributed by atoms with Gasteiger partial charge in [-0.15, -0.1) is 10.2 Å². The maximum Gasteiger partial charge on any atom is 0.270 e. The zero-order valence-corrected chi connectivity index (χ0v) is 22.8. The molecule has 2 amide bonds. The summed E-state index contributed by atoms with van der Waals surface area (Å²) in [6, 6.07) is 11.4. The molecule has 2 aromatic carbocycles. The molecule has 1 atom stereocenters. The van der Waals surface area contributed by atoms with Crippen LogP contribution in [0.2, 0.25) is 0 Å². The highest BCUT2D eigenvalue weighted by Gasteiger charge is 2.28. The summed E-state index contributed by atoms with van der Waals surface area (Å²) in [4.78, 5) is 36.4. The highest BCUT2D eigenvalue weighted by Crippen LogP contribution is 2.37. The summed E-state index contributed by atoms with van der Waals surface area (Å²) in [5, 5.41) is 20.3. The van der Waals surface area contributed by atoms with Gasteiger partial charge >= 0.3 is 0 Å². The Morgan fingerprint density at radius 1 is 1.10 bits per heavy atom. The van der Waals surface area contributed by atoms with Crippen LogP contribution in [0.1, 0.15) is 73.7 Å². The number of tetrazole rings is 1. The molecule has 1 unspecified atom stereocenters. The molecule has 1 aliphatic carbocycles. The summed E-state index contributed by atoms with van der Waals surface area (Å²) < 4.78 is 0. The molecule has 0 fully saturated rings. The summed E-state index contributed by atoms with van der Waals surface area (Å²) in [6.45, 7) is 5.83. The molecule has 0 spiro atoms. The zero-order valence-electron chi connectivity index (χ0n) is 22.8.